The topological polar surface area (TPSA) is 78.6 Å². The molecule has 0 spiro atoms. The third-order valence-corrected chi connectivity index (χ3v) is 5.24. The van der Waals surface area contributed by atoms with Crippen LogP contribution in [0.2, 0.25) is 0 Å². The number of hydrogen-bond acceptors (Lipinski definition) is 7. The van der Waals surface area contributed by atoms with Gasteiger partial charge in [0.1, 0.15) is 22.6 Å². The first-order valence-corrected chi connectivity index (χ1v) is 10.2. The molecule has 1 aromatic carbocycles. The van der Waals surface area contributed by atoms with E-state index in [2.05, 4.69) is 4.98 Å². The minimum absolute atomic E-state index is 0.127. The van der Waals surface area contributed by atoms with Crippen LogP contribution in [0.15, 0.2) is 33.0 Å². The van der Waals surface area contributed by atoms with Gasteiger partial charge in [-0.05, 0) is 38.8 Å². The Bertz CT molecular complexity index is 1050. The first-order chi connectivity index (χ1) is 13.4. The predicted molar refractivity (Wildman–Crippen MR) is 109 cm³/mol. The van der Waals surface area contributed by atoms with Gasteiger partial charge in [-0.15, -0.1) is 11.3 Å². The van der Waals surface area contributed by atoms with Gasteiger partial charge in [0, 0.05) is 17.1 Å². The highest BCUT2D eigenvalue weighted by Gasteiger charge is 2.20. The lowest BCUT2D eigenvalue weighted by atomic mass is 10.0. The quantitative estimate of drug-likeness (QED) is 0.542. The van der Waals surface area contributed by atoms with Gasteiger partial charge < -0.3 is 13.9 Å². The Morgan fingerprint density at radius 1 is 1.32 bits per heavy atom. The number of esters is 1. The fourth-order valence-electron chi connectivity index (χ4n) is 2.90. The molecule has 0 bridgehead atoms. The number of rotatable bonds is 7. The molecule has 0 aliphatic heterocycles. The summed E-state index contributed by atoms with van der Waals surface area (Å²) in [6.45, 7) is 7.61. The normalized spacial score (nSPS) is 12.1. The minimum Gasteiger partial charge on any atom is -0.479 e. The second kappa shape index (κ2) is 8.56. The highest BCUT2D eigenvalue weighted by atomic mass is 32.1. The molecule has 1 atom stereocenters. The van der Waals surface area contributed by atoms with E-state index in [9.17, 15) is 9.59 Å². The van der Waals surface area contributed by atoms with E-state index in [1.54, 1.807) is 26.0 Å². The number of hydrogen-bond donors (Lipinski definition) is 0. The number of aromatic nitrogens is 1. The number of benzene rings is 1. The maximum Gasteiger partial charge on any atom is 0.347 e. The number of fused-ring (bicyclic) bond motifs is 1. The number of carbonyl (C=O) groups excluding carboxylic acids is 1. The summed E-state index contributed by atoms with van der Waals surface area (Å²) in [6, 6.07) is 3.47. The van der Waals surface area contributed by atoms with Gasteiger partial charge in [-0.3, -0.25) is 4.79 Å². The van der Waals surface area contributed by atoms with Gasteiger partial charge in [-0.25, -0.2) is 9.78 Å². The van der Waals surface area contributed by atoms with Crippen molar-refractivity contribution >= 4 is 28.3 Å². The summed E-state index contributed by atoms with van der Waals surface area (Å²) in [5, 5.41) is 3.02. The molecule has 0 N–H and O–H groups in total. The van der Waals surface area contributed by atoms with Gasteiger partial charge in [0.05, 0.1) is 17.6 Å². The highest BCUT2D eigenvalue weighted by molar-refractivity contribution is 7.13. The summed E-state index contributed by atoms with van der Waals surface area (Å²) in [5.41, 5.74) is 2.45. The summed E-state index contributed by atoms with van der Waals surface area (Å²) in [6.07, 6.45) is 2.26. The molecular formula is C21H23NO5S. The van der Waals surface area contributed by atoms with Crippen LogP contribution in [0.4, 0.5) is 0 Å². The lowest BCUT2D eigenvalue weighted by molar-refractivity contribution is -0.150. The van der Waals surface area contributed by atoms with Crippen LogP contribution in [-0.2, 0) is 16.0 Å². The van der Waals surface area contributed by atoms with E-state index in [1.807, 2.05) is 19.2 Å². The second-order valence-corrected chi connectivity index (χ2v) is 7.35. The molecule has 0 saturated carbocycles. The molecule has 3 rings (SSSR count). The largest absolute Gasteiger partial charge is 0.479 e. The van der Waals surface area contributed by atoms with Crippen molar-refractivity contribution in [2.45, 2.75) is 46.6 Å². The average molecular weight is 401 g/mol. The Kier molecular flexibility index (Phi) is 6.14. The van der Waals surface area contributed by atoms with E-state index in [0.29, 0.717) is 40.3 Å². The van der Waals surface area contributed by atoms with Crippen molar-refractivity contribution < 1.29 is 18.7 Å². The molecule has 28 heavy (non-hydrogen) atoms. The molecule has 0 unspecified atom stereocenters. The SMILES string of the molecule is CCCc1cc2c(=O)c(-c3nc(C)cs3)coc2cc1O[C@@H](C)C(=O)OCC. The zero-order chi connectivity index (χ0) is 20.3. The summed E-state index contributed by atoms with van der Waals surface area (Å²) < 4.78 is 16.6. The third kappa shape index (κ3) is 4.09. The third-order valence-electron chi connectivity index (χ3n) is 4.25. The maximum absolute atomic E-state index is 13.0. The zero-order valence-electron chi connectivity index (χ0n) is 16.4. The Morgan fingerprint density at radius 3 is 2.75 bits per heavy atom. The van der Waals surface area contributed by atoms with Gasteiger partial charge in [0.2, 0.25) is 5.43 Å². The predicted octanol–water partition coefficient (Wildman–Crippen LogP) is 4.51. The van der Waals surface area contributed by atoms with Crippen molar-refractivity contribution in [2.24, 2.45) is 0 Å². The lowest BCUT2D eigenvalue weighted by Gasteiger charge is -2.17. The van der Waals surface area contributed by atoms with E-state index >= 15 is 0 Å². The average Bonchev–Trinajstić information content (AvgIpc) is 3.09. The first-order valence-electron chi connectivity index (χ1n) is 9.28. The van der Waals surface area contributed by atoms with Crippen molar-refractivity contribution in [3.63, 3.8) is 0 Å². The van der Waals surface area contributed by atoms with Crippen LogP contribution >= 0.6 is 11.3 Å². The Morgan fingerprint density at radius 2 is 2.11 bits per heavy atom. The molecule has 0 aliphatic rings. The van der Waals surface area contributed by atoms with Gasteiger partial charge in [0.25, 0.3) is 0 Å². The van der Waals surface area contributed by atoms with Crippen LogP contribution in [0.25, 0.3) is 21.5 Å². The Balaban J connectivity index is 2.05. The van der Waals surface area contributed by atoms with Crippen molar-refractivity contribution in [1.29, 1.82) is 0 Å². The van der Waals surface area contributed by atoms with E-state index in [1.165, 1.54) is 17.6 Å². The zero-order valence-corrected chi connectivity index (χ0v) is 17.2. The summed E-state index contributed by atoms with van der Waals surface area (Å²) >= 11 is 1.41. The molecule has 0 fully saturated rings. The van der Waals surface area contributed by atoms with E-state index in [0.717, 1.165) is 17.7 Å². The van der Waals surface area contributed by atoms with E-state index < -0.39 is 12.1 Å². The molecule has 6 nitrogen and oxygen atoms in total. The number of ether oxygens (including phenoxy) is 2. The molecule has 148 valence electrons. The number of thiazole rings is 1. The molecule has 2 aromatic heterocycles. The molecule has 7 heteroatoms. The monoisotopic (exact) mass is 401 g/mol. The van der Waals surface area contributed by atoms with E-state index in [4.69, 9.17) is 13.9 Å². The lowest BCUT2D eigenvalue weighted by Crippen LogP contribution is -2.26. The molecular weight excluding hydrogens is 378 g/mol. The molecule has 0 amide bonds. The van der Waals surface area contributed by atoms with Crippen LogP contribution < -0.4 is 10.2 Å². The van der Waals surface area contributed by atoms with Gasteiger partial charge in [-0.1, -0.05) is 13.3 Å². The van der Waals surface area contributed by atoms with Crippen LogP contribution in [-0.4, -0.2) is 23.7 Å². The van der Waals surface area contributed by atoms with Crippen LogP contribution in [0, 0.1) is 6.92 Å². The standard InChI is InChI=1S/C21H23NO5S/c1-5-7-14-8-15-18(9-17(14)27-13(4)21(24)25-6-2)26-10-16(19(15)23)20-22-12(3)11-28-20/h8-11,13H,5-7H2,1-4H3/t13-/m0/s1. The molecule has 0 radical (unpaired) electrons. The molecule has 3 aromatic rings. The second-order valence-electron chi connectivity index (χ2n) is 6.49. The van der Waals surface area contributed by atoms with Crippen molar-refractivity contribution in [3.8, 4) is 16.3 Å². The Hall–Kier alpha value is -2.67. The molecule has 0 aliphatic carbocycles. The smallest absolute Gasteiger partial charge is 0.347 e. The van der Waals surface area contributed by atoms with Crippen molar-refractivity contribution in [2.75, 3.05) is 6.61 Å². The number of aryl methyl sites for hydroxylation is 2. The number of carbonyl (C=O) groups is 1. The number of nitrogens with zero attached hydrogens (tertiary/aromatic N) is 1. The molecule has 0 saturated heterocycles. The van der Waals surface area contributed by atoms with Crippen molar-refractivity contribution in [3.05, 3.63) is 45.3 Å². The minimum atomic E-state index is -0.753. The van der Waals surface area contributed by atoms with Gasteiger partial charge >= 0.3 is 5.97 Å². The summed E-state index contributed by atoms with van der Waals surface area (Å²) in [4.78, 5) is 29.3. The molecule has 2 heterocycles. The van der Waals surface area contributed by atoms with Crippen LogP contribution in [0.3, 0.4) is 0 Å². The van der Waals surface area contributed by atoms with Crippen LogP contribution in [0.1, 0.15) is 38.4 Å². The van der Waals surface area contributed by atoms with Gasteiger partial charge in [0.15, 0.2) is 6.10 Å². The Labute approximate surface area is 167 Å². The fraction of sp³-hybridized carbons (Fsp3) is 0.381. The summed E-state index contributed by atoms with van der Waals surface area (Å²) in [7, 11) is 0. The fourth-order valence-corrected chi connectivity index (χ4v) is 3.70. The maximum atomic E-state index is 13.0. The van der Waals surface area contributed by atoms with Gasteiger partial charge in [-0.2, -0.15) is 0 Å². The first kappa shape index (κ1) is 20.1. The van der Waals surface area contributed by atoms with Crippen LogP contribution in [0.5, 0.6) is 5.75 Å². The van der Waals surface area contributed by atoms with E-state index in [-0.39, 0.29) is 5.43 Å². The highest BCUT2D eigenvalue weighted by Crippen LogP contribution is 2.29. The van der Waals surface area contributed by atoms with Crippen molar-refractivity contribution in [1.82, 2.24) is 4.98 Å². The summed E-state index contributed by atoms with van der Waals surface area (Å²) in [5.74, 6) is 0.0943.